The fourth-order valence-electron chi connectivity index (χ4n) is 0.892. The second-order valence-corrected chi connectivity index (χ2v) is 2.84. The second-order valence-electron chi connectivity index (χ2n) is 2.43. The molecule has 7 heteroatoms. The van der Waals surface area contributed by atoms with Crippen molar-refractivity contribution >= 4 is 47.7 Å². The van der Waals surface area contributed by atoms with Crippen molar-refractivity contribution in [3.8, 4) is 0 Å². The zero-order valence-corrected chi connectivity index (χ0v) is 11.1. The molecule has 2 N–H and O–H groups in total. The van der Waals surface area contributed by atoms with Gasteiger partial charge in [0.15, 0.2) is 0 Å². The minimum atomic E-state index is -0.222. The molecule has 0 atom stereocenters. The number of aromatic nitrogens is 3. The maximum absolute atomic E-state index is 10.9. The van der Waals surface area contributed by atoms with Gasteiger partial charge in [0.25, 0.3) is 0 Å². The molecule has 5 nitrogen and oxygen atoms in total. The molecular formula is C7H11N3NaO2S. The third kappa shape index (κ3) is 4.36. The third-order valence-corrected chi connectivity index (χ3v) is 1.83. The van der Waals surface area contributed by atoms with Crippen LogP contribution in [0.15, 0.2) is 0 Å². The Kier molecular flexibility index (Phi) is 7.08. The normalized spacial score (nSPS) is 9.21. The molecule has 0 bridgehead atoms. The summed E-state index contributed by atoms with van der Waals surface area (Å²) in [6.45, 7) is 2.19. The van der Waals surface area contributed by atoms with E-state index >= 15 is 0 Å². The van der Waals surface area contributed by atoms with Crippen molar-refractivity contribution in [2.45, 2.75) is 19.8 Å². The SMILES string of the molecule is CCOC(=O)CCc1n[nH][nH]c1=S.[Na]. The standard InChI is InChI=1S/C7H11N3O2S.Na/c1-2-12-6(11)4-3-5-7(13)9-10-8-5;/h2-4H2,1H3,(H2,8,9,10,13);. The minimum Gasteiger partial charge on any atom is -0.466 e. The van der Waals surface area contributed by atoms with E-state index in [2.05, 4.69) is 15.4 Å². The molecule has 1 aromatic rings. The fourth-order valence-corrected chi connectivity index (χ4v) is 1.09. The molecule has 0 aliphatic carbocycles. The monoisotopic (exact) mass is 224 g/mol. The maximum Gasteiger partial charge on any atom is 0.306 e. The molecule has 1 rings (SSSR count). The molecule has 0 saturated heterocycles. The number of hydrogen-bond acceptors (Lipinski definition) is 4. The van der Waals surface area contributed by atoms with E-state index in [-0.39, 0.29) is 35.5 Å². The van der Waals surface area contributed by atoms with E-state index in [9.17, 15) is 4.79 Å². The van der Waals surface area contributed by atoms with E-state index < -0.39 is 0 Å². The van der Waals surface area contributed by atoms with E-state index in [0.717, 1.165) is 0 Å². The van der Waals surface area contributed by atoms with Gasteiger partial charge in [0.1, 0.15) is 4.64 Å². The van der Waals surface area contributed by atoms with Crippen molar-refractivity contribution in [2.75, 3.05) is 6.61 Å². The van der Waals surface area contributed by atoms with Crippen LogP contribution in [0, 0.1) is 4.64 Å². The fraction of sp³-hybridized carbons (Fsp3) is 0.571. The number of hydrogen-bond donors (Lipinski definition) is 2. The van der Waals surface area contributed by atoms with Crippen LogP contribution in [0.3, 0.4) is 0 Å². The molecule has 0 aliphatic heterocycles. The largest absolute Gasteiger partial charge is 0.466 e. The number of aryl methyl sites for hydroxylation is 1. The number of nitrogens with one attached hydrogen (secondary N) is 2. The van der Waals surface area contributed by atoms with Gasteiger partial charge in [0.05, 0.1) is 18.7 Å². The smallest absolute Gasteiger partial charge is 0.306 e. The van der Waals surface area contributed by atoms with Crippen molar-refractivity contribution in [1.29, 1.82) is 0 Å². The van der Waals surface area contributed by atoms with Crippen LogP contribution in [-0.2, 0) is 16.0 Å². The Labute approximate surface area is 109 Å². The zero-order valence-electron chi connectivity index (χ0n) is 8.29. The molecule has 0 fully saturated rings. The topological polar surface area (TPSA) is 70.8 Å². The molecule has 1 heterocycles. The Hall–Kier alpha value is -0.170. The Bertz CT molecular complexity index is 336. The van der Waals surface area contributed by atoms with Gasteiger partial charge in [-0.05, 0) is 6.92 Å². The Morgan fingerprint density at radius 3 is 2.86 bits per heavy atom. The van der Waals surface area contributed by atoms with Gasteiger partial charge in [-0.3, -0.25) is 9.89 Å². The van der Waals surface area contributed by atoms with E-state index in [0.29, 0.717) is 29.8 Å². The second kappa shape index (κ2) is 7.17. The minimum absolute atomic E-state index is 0. The molecule has 0 amide bonds. The molecule has 14 heavy (non-hydrogen) atoms. The Balaban J connectivity index is 0.00000169. The predicted octanol–water partition coefficient (Wildman–Crippen LogP) is 0.582. The summed E-state index contributed by atoms with van der Waals surface area (Å²) in [6, 6.07) is 0. The number of nitrogens with zero attached hydrogens (tertiary/aromatic N) is 1. The van der Waals surface area contributed by atoms with E-state index in [4.69, 9.17) is 17.0 Å². The van der Waals surface area contributed by atoms with Gasteiger partial charge < -0.3 is 4.74 Å². The van der Waals surface area contributed by atoms with Crippen LogP contribution in [0.2, 0.25) is 0 Å². The van der Waals surface area contributed by atoms with Crippen LogP contribution in [0.1, 0.15) is 19.0 Å². The molecule has 73 valence electrons. The van der Waals surface area contributed by atoms with Crippen molar-refractivity contribution in [1.82, 2.24) is 15.4 Å². The molecule has 1 radical (unpaired) electrons. The molecular weight excluding hydrogens is 213 g/mol. The summed E-state index contributed by atoms with van der Waals surface area (Å²) in [6.07, 6.45) is 0.827. The van der Waals surface area contributed by atoms with Gasteiger partial charge in [0, 0.05) is 36.0 Å². The summed E-state index contributed by atoms with van der Waals surface area (Å²) in [5.41, 5.74) is 0.697. The summed E-state index contributed by atoms with van der Waals surface area (Å²) in [5, 5.41) is 9.03. The van der Waals surface area contributed by atoms with E-state index in [1.807, 2.05) is 0 Å². The van der Waals surface area contributed by atoms with Gasteiger partial charge in [-0.25, -0.2) is 5.21 Å². The van der Waals surface area contributed by atoms with Crippen LogP contribution in [-0.4, -0.2) is 57.5 Å². The first kappa shape index (κ1) is 13.8. The number of rotatable bonds is 4. The van der Waals surface area contributed by atoms with Crippen molar-refractivity contribution < 1.29 is 9.53 Å². The summed E-state index contributed by atoms with van der Waals surface area (Å²) >= 11 is 4.90. The quantitative estimate of drug-likeness (QED) is 0.446. The van der Waals surface area contributed by atoms with Crippen LogP contribution in [0.5, 0.6) is 0 Å². The first-order chi connectivity index (χ1) is 6.24. The number of aromatic amines is 2. The van der Waals surface area contributed by atoms with E-state index in [1.165, 1.54) is 0 Å². The number of carbonyl (C=O) groups is 1. The van der Waals surface area contributed by atoms with Crippen LogP contribution >= 0.6 is 12.2 Å². The first-order valence-electron chi connectivity index (χ1n) is 4.01. The predicted molar refractivity (Wildman–Crippen MR) is 54.5 cm³/mol. The zero-order chi connectivity index (χ0) is 9.68. The van der Waals surface area contributed by atoms with Crippen LogP contribution < -0.4 is 0 Å². The van der Waals surface area contributed by atoms with Gasteiger partial charge in [0.2, 0.25) is 0 Å². The van der Waals surface area contributed by atoms with Crippen LogP contribution in [0.4, 0.5) is 0 Å². The van der Waals surface area contributed by atoms with Crippen molar-refractivity contribution in [3.63, 3.8) is 0 Å². The average molecular weight is 224 g/mol. The van der Waals surface area contributed by atoms with Gasteiger partial charge in [-0.2, -0.15) is 5.10 Å². The van der Waals surface area contributed by atoms with Crippen molar-refractivity contribution in [2.24, 2.45) is 0 Å². The molecule has 0 aliphatic rings. The van der Waals surface area contributed by atoms with Crippen molar-refractivity contribution in [3.05, 3.63) is 10.3 Å². The Morgan fingerprint density at radius 2 is 2.36 bits per heavy atom. The number of H-pyrrole nitrogens is 2. The average Bonchev–Trinajstić information content (AvgIpc) is 2.48. The maximum atomic E-state index is 10.9. The van der Waals surface area contributed by atoms with Gasteiger partial charge in [-0.15, -0.1) is 0 Å². The third-order valence-electron chi connectivity index (χ3n) is 1.49. The van der Waals surface area contributed by atoms with Crippen LogP contribution in [0.25, 0.3) is 0 Å². The Morgan fingerprint density at radius 1 is 1.64 bits per heavy atom. The van der Waals surface area contributed by atoms with Gasteiger partial charge in [-0.1, -0.05) is 12.2 Å². The number of ether oxygens (including phenoxy) is 1. The molecule has 0 aromatic carbocycles. The van der Waals surface area contributed by atoms with E-state index in [1.54, 1.807) is 6.92 Å². The molecule has 0 spiro atoms. The summed E-state index contributed by atoms with van der Waals surface area (Å²) in [5.74, 6) is -0.222. The summed E-state index contributed by atoms with van der Waals surface area (Å²) in [4.78, 5) is 10.9. The van der Waals surface area contributed by atoms with Gasteiger partial charge >= 0.3 is 5.97 Å². The number of carbonyl (C=O) groups excluding carboxylic acids is 1. The molecule has 0 saturated carbocycles. The summed E-state index contributed by atoms with van der Waals surface area (Å²) < 4.78 is 5.30. The number of esters is 1. The summed E-state index contributed by atoms with van der Waals surface area (Å²) in [7, 11) is 0. The first-order valence-corrected chi connectivity index (χ1v) is 4.42. The molecule has 0 unspecified atom stereocenters. The molecule has 1 aromatic heterocycles.